The average molecular weight is 235 g/mol. The number of hydrogen-bond acceptors (Lipinski definition) is 3. The maximum atomic E-state index is 10.9. The van der Waals surface area contributed by atoms with Crippen molar-refractivity contribution in [2.45, 2.75) is 6.54 Å². The molecule has 0 amide bonds. The van der Waals surface area contributed by atoms with Crippen molar-refractivity contribution in [2.24, 2.45) is 5.73 Å². The quantitative estimate of drug-likeness (QED) is 0.825. The fourth-order valence-electron chi connectivity index (χ4n) is 0.968. The van der Waals surface area contributed by atoms with Gasteiger partial charge in [0.2, 0.25) is 10.0 Å². The molecule has 1 rings (SSSR count). The van der Waals surface area contributed by atoms with Crippen molar-refractivity contribution in [3.8, 4) is 0 Å². The molecule has 6 heteroatoms. The van der Waals surface area contributed by atoms with Crippen LogP contribution in [0.2, 0.25) is 5.02 Å². The summed E-state index contributed by atoms with van der Waals surface area (Å²) >= 11 is 5.83. The van der Waals surface area contributed by atoms with Gasteiger partial charge in [-0.3, -0.25) is 4.72 Å². The summed E-state index contributed by atoms with van der Waals surface area (Å²) < 4.78 is 24.1. The van der Waals surface area contributed by atoms with Gasteiger partial charge >= 0.3 is 0 Å². The minimum atomic E-state index is -3.28. The number of benzene rings is 1. The second kappa shape index (κ2) is 4.16. The summed E-state index contributed by atoms with van der Waals surface area (Å²) in [6, 6.07) is 4.94. The molecule has 0 aliphatic rings. The molecule has 0 saturated heterocycles. The molecule has 3 N–H and O–H groups in total. The zero-order valence-corrected chi connectivity index (χ0v) is 9.19. The minimum Gasteiger partial charge on any atom is -0.326 e. The van der Waals surface area contributed by atoms with E-state index in [1.165, 1.54) is 0 Å². The van der Waals surface area contributed by atoms with Crippen LogP contribution in [-0.2, 0) is 16.6 Å². The number of sulfonamides is 1. The topological polar surface area (TPSA) is 72.2 Å². The Hall–Kier alpha value is -0.780. The predicted molar refractivity (Wildman–Crippen MR) is 57.8 cm³/mol. The first-order valence-corrected chi connectivity index (χ1v) is 6.15. The van der Waals surface area contributed by atoms with Crippen molar-refractivity contribution in [1.82, 2.24) is 0 Å². The van der Waals surface area contributed by atoms with E-state index < -0.39 is 10.0 Å². The van der Waals surface area contributed by atoms with E-state index in [1.54, 1.807) is 18.2 Å². The van der Waals surface area contributed by atoms with Crippen molar-refractivity contribution < 1.29 is 8.42 Å². The monoisotopic (exact) mass is 234 g/mol. The van der Waals surface area contributed by atoms with Crippen molar-refractivity contribution >= 4 is 27.3 Å². The Labute approximate surface area is 88.1 Å². The molecular weight excluding hydrogens is 224 g/mol. The Morgan fingerprint density at radius 2 is 2.14 bits per heavy atom. The minimum absolute atomic E-state index is 0.346. The maximum absolute atomic E-state index is 10.9. The first-order chi connectivity index (χ1) is 6.42. The molecule has 0 aliphatic carbocycles. The van der Waals surface area contributed by atoms with E-state index in [1.807, 2.05) is 0 Å². The predicted octanol–water partition coefficient (Wildman–Crippen LogP) is 1.17. The van der Waals surface area contributed by atoms with Crippen molar-refractivity contribution in [1.29, 1.82) is 0 Å². The number of hydrogen-bond donors (Lipinski definition) is 2. The molecule has 1 aromatic rings. The zero-order chi connectivity index (χ0) is 10.8. The lowest BCUT2D eigenvalue weighted by molar-refractivity contribution is 0.607. The molecule has 78 valence electrons. The summed E-state index contributed by atoms with van der Waals surface area (Å²) in [5.41, 5.74) is 6.62. The third kappa shape index (κ3) is 3.17. The van der Waals surface area contributed by atoms with Crippen LogP contribution in [0.5, 0.6) is 0 Å². The molecule has 0 atom stereocenters. The largest absolute Gasteiger partial charge is 0.326 e. The summed E-state index contributed by atoms with van der Waals surface area (Å²) in [5.74, 6) is 0. The highest BCUT2D eigenvalue weighted by atomic mass is 35.5. The van der Waals surface area contributed by atoms with Crippen LogP contribution in [0.25, 0.3) is 0 Å². The number of rotatable bonds is 3. The molecule has 1 aromatic carbocycles. The highest BCUT2D eigenvalue weighted by Gasteiger charge is 2.06. The number of anilines is 1. The Morgan fingerprint density at radius 1 is 1.50 bits per heavy atom. The fraction of sp³-hybridized carbons (Fsp3) is 0.250. The molecule has 0 aliphatic heterocycles. The van der Waals surface area contributed by atoms with Crippen LogP contribution in [0.15, 0.2) is 18.2 Å². The van der Waals surface area contributed by atoms with Crippen LogP contribution >= 0.6 is 11.6 Å². The summed E-state index contributed by atoms with van der Waals surface area (Å²) in [7, 11) is -3.28. The van der Waals surface area contributed by atoms with E-state index in [0.29, 0.717) is 17.3 Å². The standard InChI is InChI=1S/C8H11ClN2O2S/c1-14(12,13)11-8-3-2-6(5-10)4-7(8)9/h2-4,11H,5,10H2,1H3. The molecule has 0 bridgehead atoms. The van der Waals surface area contributed by atoms with Gasteiger partial charge in [-0.05, 0) is 17.7 Å². The summed E-state index contributed by atoms with van der Waals surface area (Å²) in [4.78, 5) is 0. The van der Waals surface area contributed by atoms with Gasteiger partial charge in [0.15, 0.2) is 0 Å². The van der Waals surface area contributed by atoms with Gasteiger partial charge in [-0.2, -0.15) is 0 Å². The van der Waals surface area contributed by atoms with Crippen LogP contribution in [0.1, 0.15) is 5.56 Å². The third-order valence-corrected chi connectivity index (χ3v) is 2.47. The van der Waals surface area contributed by atoms with Gasteiger partial charge in [0.25, 0.3) is 0 Å². The molecule has 0 heterocycles. The number of halogens is 1. The highest BCUT2D eigenvalue weighted by Crippen LogP contribution is 2.23. The van der Waals surface area contributed by atoms with Crippen LogP contribution in [0.3, 0.4) is 0 Å². The Bertz CT molecular complexity index is 431. The second-order valence-electron chi connectivity index (χ2n) is 2.89. The van der Waals surface area contributed by atoms with Gasteiger partial charge in [-0.15, -0.1) is 0 Å². The van der Waals surface area contributed by atoms with Gasteiger partial charge in [0.05, 0.1) is 17.0 Å². The SMILES string of the molecule is CS(=O)(=O)Nc1ccc(CN)cc1Cl. The summed E-state index contributed by atoms with van der Waals surface area (Å²) in [5, 5.41) is 0.346. The highest BCUT2D eigenvalue weighted by molar-refractivity contribution is 7.92. The van der Waals surface area contributed by atoms with Gasteiger partial charge < -0.3 is 5.73 Å². The van der Waals surface area contributed by atoms with Crippen LogP contribution in [-0.4, -0.2) is 14.7 Å². The maximum Gasteiger partial charge on any atom is 0.229 e. The van der Waals surface area contributed by atoms with E-state index in [2.05, 4.69) is 4.72 Å². The van der Waals surface area contributed by atoms with Crippen LogP contribution in [0.4, 0.5) is 5.69 Å². The lowest BCUT2D eigenvalue weighted by atomic mass is 10.2. The van der Waals surface area contributed by atoms with Crippen LogP contribution in [0, 0.1) is 0 Å². The molecule has 0 unspecified atom stereocenters. The van der Waals surface area contributed by atoms with E-state index in [9.17, 15) is 8.42 Å². The van der Waals surface area contributed by atoms with Crippen molar-refractivity contribution in [3.63, 3.8) is 0 Å². The third-order valence-electron chi connectivity index (χ3n) is 1.56. The van der Waals surface area contributed by atoms with Gasteiger partial charge in [0, 0.05) is 6.54 Å². The van der Waals surface area contributed by atoms with E-state index in [0.717, 1.165) is 11.8 Å². The van der Waals surface area contributed by atoms with Crippen LogP contribution < -0.4 is 10.5 Å². The van der Waals surface area contributed by atoms with E-state index in [4.69, 9.17) is 17.3 Å². The molecule has 0 spiro atoms. The fourth-order valence-corrected chi connectivity index (χ4v) is 1.85. The van der Waals surface area contributed by atoms with E-state index >= 15 is 0 Å². The molecular formula is C8H11ClN2O2S. The Kier molecular flexibility index (Phi) is 3.36. The first kappa shape index (κ1) is 11.3. The lowest BCUT2D eigenvalue weighted by Crippen LogP contribution is -2.10. The Morgan fingerprint density at radius 3 is 2.57 bits per heavy atom. The van der Waals surface area contributed by atoms with Gasteiger partial charge in [0.1, 0.15) is 0 Å². The lowest BCUT2D eigenvalue weighted by Gasteiger charge is -2.07. The molecule has 14 heavy (non-hydrogen) atoms. The first-order valence-electron chi connectivity index (χ1n) is 3.88. The summed E-state index contributed by atoms with van der Waals surface area (Å²) in [6.07, 6.45) is 1.07. The smallest absolute Gasteiger partial charge is 0.229 e. The number of nitrogens with one attached hydrogen (secondary N) is 1. The molecule has 4 nitrogen and oxygen atoms in total. The van der Waals surface area contributed by atoms with Crippen molar-refractivity contribution in [2.75, 3.05) is 11.0 Å². The molecule has 0 aromatic heterocycles. The molecule has 0 fully saturated rings. The second-order valence-corrected chi connectivity index (χ2v) is 5.05. The van der Waals surface area contributed by atoms with E-state index in [-0.39, 0.29) is 0 Å². The average Bonchev–Trinajstić information content (AvgIpc) is 2.06. The van der Waals surface area contributed by atoms with Gasteiger partial charge in [-0.25, -0.2) is 8.42 Å². The number of nitrogens with two attached hydrogens (primary N) is 1. The normalized spacial score (nSPS) is 11.4. The molecule has 0 radical (unpaired) electrons. The zero-order valence-electron chi connectivity index (χ0n) is 7.62. The summed E-state index contributed by atoms with van der Waals surface area (Å²) in [6.45, 7) is 0.374. The molecule has 0 saturated carbocycles. The van der Waals surface area contributed by atoms with Crippen molar-refractivity contribution in [3.05, 3.63) is 28.8 Å². The van der Waals surface area contributed by atoms with Gasteiger partial charge in [-0.1, -0.05) is 17.7 Å². The Balaban J connectivity index is 3.01.